The third-order valence-electron chi connectivity index (χ3n) is 5.28. The van der Waals surface area contributed by atoms with Crippen molar-refractivity contribution in [2.45, 2.75) is 78.3 Å². The first-order chi connectivity index (χ1) is 13.0. The zero-order valence-corrected chi connectivity index (χ0v) is 17.0. The molecule has 27 heavy (non-hydrogen) atoms. The number of benzene rings is 1. The Labute approximate surface area is 163 Å². The lowest BCUT2D eigenvalue weighted by Crippen LogP contribution is -2.34. The van der Waals surface area contributed by atoms with Crippen LogP contribution in [0.2, 0.25) is 0 Å². The van der Waals surface area contributed by atoms with Crippen LogP contribution in [0.1, 0.15) is 71.3 Å². The van der Waals surface area contributed by atoms with Crippen molar-refractivity contribution in [3.63, 3.8) is 0 Å². The minimum absolute atomic E-state index is 0.0983. The molecular weight excluding hydrogens is 338 g/mol. The molecule has 0 heterocycles. The van der Waals surface area contributed by atoms with Crippen LogP contribution in [0, 0.1) is 11.8 Å². The Kier molecular flexibility index (Phi) is 8.62. The molecule has 3 amide bonds. The highest BCUT2D eigenvalue weighted by atomic mass is 16.2. The molecule has 1 aromatic rings. The molecule has 0 bridgehead atoms. The largest absolute Gasteiger partial charge is 0.352 e. The summed E-state index contributed by atoms with van der Waals surface area (Å²) < 4.78 is 0. The summed E-state index contributed by atoms with van der Waals surface area (Å²) in [7, 11) is 0. The number of anilines is 1. The average Bonchev–Trinajstić information content (AvgIpc) is 2.65. The Balaban J connectivity index is 1.71. The highest BCUT2D eigenvalue weighted by Gasteiger charge is 2.25. The van der Waals surface area contributed by atoms with Crippen molar-refractivity contribution in [2.75, 3.05) is 5.32 Å². The predicted octanol–water partition coefficient (Wildman–Crippen LogP) is 4.83. The number of nitrogens with one attached hydrogen (secondary N) is 3. The summed E-state index contributed by atoms with van der Waals surface area (Å²) in [6, 6.07) is 7.49. The summed E-state index contributed by atoms with van der Waals surface area (Å²) in [5.41, 5.74) is 1.78. The minimum Gasteiger partial charge on any atom is -0.352 e. The van der Waals surface area contributed by atoms with Crippen LogP contribution >= 0.6 is 0 Å². The number of amides is 3. The van der Waals surface area contributed by atoms with Gasteiger partial charge in [-0.05, 0) is 63.1 Å². The molecule has 1 fully saturated rings. The van der Waals surface area contributed by atoms with Gasteiger partial charge in [0, 0.05) is 24.2 Å². The summed E-state index contributed by atoms with van der Waals surface area (Å²) in [5, 5.41) is 8.66. The van der Waals surface area contributed by atoms with E-state index in [1.807, 2.05) is 38.1 Å². The number of unbranched alkanes of at least 4 members (excludes halogenated alkanes) is 1. The van der Waals surface area contributed by atoms with Crippen molar-refractivity contribution in [3.8, 4) is 0 Å². The van der Waals surface area contributed by atoms with Crippen molar-refractivity contribution >= 4 is 17.6 Å². The number of urea groups is 1. The van der Waals surface area contributed by atoms with Crippen LogP contribution in [0.4, 0.5) is 10.5 Å². The highest BCUT2D eigenvalue weighted by molar-refractivity contribution is 5.89. The van der Waals surface area contributed by atoms with Gasteiger partial charge >= 0.3 is 6.03 Å². The first-order valence-electron chi connectivity index (χ1n) is 10.4. The molecule has 1 aromatic carbocycles. The van der Waals surface area contributed by atoms with E-state index in [2.05, 4.69) is 22.9 Å². The summed E-state index contributed by atoms with van der Waals surface area (Å²) in [4.78, 5) is 24.1. The summed E-state index contributed by atoms with van der Waals surface area (Å²) in [6.45, 7) is 6.61. The van der Waals surface area contributed by atoms with Crippen molar-refractivity contribution in [1.29, 1.82) is 0 Å². The lowest BCUT2D eigenvalue weighted by Gasteiger charge is -2.27. The fourth-order valence-corrected chi connectivity index (χ4v) is 3.67. The standard InChI is InChI=1S/C22H35N3O2/c1-4-5-6-17-7-11-19(12-8-17)21(26)23-15-18-9-13-20(14-10-18)25-22(27)24-16(2)3/h9-10,13-14,16-17,19H,4-8,11-12,15H2,1-3H3,(H,23,26)(H2,24,25,27). The molecule has 5 heteroatoms. The Morgan fingerprint density at radius 3 is 2.33 bits per heavy atom. The third-order valence-corrected chi connectivity index (χ3v) is 5.28. The van der Waals surface area contributed by atoms with Gasteiger partial charge in [-0.1, -0.05) is 38.3 Å². The quantitative estimate of drug-likeness (QED) is 0.611. The van der Waals surface area contributed by atoms with Gasteiger partial charge < -0.3 is 16.0 Å². The molecule has 5 nitrogen and oxygen atoms in total. The molecule has 1 aliphatic carbocycles. The number of rotatable bonds is 8. The summed E-state index contributed by atoms with van der Waals surface area (Å²) in [6.07, 6.45) is 8.32. The van der Waals surface area contributed by atoms with Gasteiger partial charge in [-0.15, -0.1) is 0 Å². The molecule has 150 valence electrons. The van der Waals surface area contributed by atoms with E-state index in [0.29, 0.717) is 6.54 Å². The fourth-order valence-electron chi connectivity index (χ4n) is 3.67. The highest BCUT2D eigenvalue weighted by Crippen LogP contribution is 2.32. The first-order valence-corrected chi connectivity index (χ1v) is 10.4. The molecule has 3 N–H and O–H groups in total. The van der Waals surface area contributed by atoms with Crippen LogP contribution in [0.15, 0.2) is 24.3 Å². The molecule has 0 spiro atoms. The molecule has 1 saturated carbocycles. The van der Waals surface area contributed by atoms with Gasteiger partial charge in [-0.3, -0.25) is 4.79 Å². The number of hydrogen-bond acceptors (Lipinski definition) is 2. The van der Waals surface area contributed by atoms with Crippen LogP contribution in [0.25, 0.3) is 0 Å². The van der Waals surface area contributed by atoms with Crippen LogP contribution < -0.4 is 16.0 Å². The Hall–Kier alpha value is -2.04. The van der Waals surface area contributed by atoms with E-state index in [0.717, 1.165) is 30.0 Å². The molecule has 1 aliphatic rings. The Bertz CT molecular complexity index is 590. The summed E-state index contributed by atoms with van der Waals surface area (Å²) >= 11 is 0. The van der Waals surface area contributed by atoms with Gasteiger partial charge in [0.15, 0.2) is 0 Å². The van der Waals surface area contributed by atoms with Crippen molar-refractivity contribution in [1.82, 2.24) is 10.6 Å². The molecule has 0 saturated heterocycles. The smallest absolute Gasteiger partial charge is 0.319 e. The van der Waals surface area contributed by atoms with Crippen molar-refractivity contribution < 1.29 is 9.59 Å². The number of carbonyl (C=O) groups excluding carboxylic acids is 2. The van der Waals surface area contributed by atoms with E-state index in [9.17, 15) is 9.59 Å². The maximum Gasteiger partial charge on any atom is 0.319 e. The van der Waals surface area contributed by atoms with E-state index in [1.165, 1.54) is 32.1 Å². The van der Waals surface area contributed by atoms with Gasteiger partial charge in [-0.25, -0.2) is 4.79 Å². The van der Waals surface area contributed by atoms with Gasteiger partial charge in [0.25, 0.3) is 0 Å². The Morgan fingerprint density at radius 2 is 1.74 bits per heavy atom. The fraction of sp³-hybridized carbons (Fsp3) is 0.636. The molecule has 0 unspecified atom stereocenters. The monoisotopic (exact) mass is 373 g/mol. The lowest BCUT2D eigenvalue weighted by atomic mass is 9.79. The zero-order chi connectivity index (χ0) is 19.6. The van der Waals surface area contributed by atoms with Crippen LogP contribution in [0.3, 0.4) is 0 Å². The molecule has 0 aliphatic heterocycles. The normalized spacial score (nSPS) is 19.6. The van der Waals surface area contributed by atoms with Crippen LogP contribution in [-0.4, -0.2) is 18.0 Å². The third kappa shape index (κ3) is 7.61. The first kappa shape index (κ1) is 21.3. The molecular formula is C22H35N3O2. The SMILES string of the molecule is CCCCC1CCC(C(=O)NCc2ccc(NC(=O)NC(C)C)cc2)CC1. The van der Waals surface area contributed by atoms with E-state index < -0.39 is 0 Å². The Morgan fingerprint density at radius 1 is 1.07 bits per heavy atom. The van der Waals surface area contributed by atoms with Crippen LogP contribution in [-0.2, 0) is 11.3 Å². The van der Waals surface area contributed by atoms with Gasteiger partial charge in [0.1, 0.15) is 0 Å². The van der Waals surface area contributed by atoms with E-state index in [4.69, 9.17) is 0 Å². The molecule has 0 aromatic heterocycles. The lowest BCUT2D eigenvalue weighted by molar-refractivity contribution is -0.126. The summed E-state index contributed by atoms with van der Waals surface area (Å²) in [5.74, 6) is 1.17. The van der Waals surface area contributed by atoms with E-state index in [1.54, 1.807) is 0 Å². The predicted molar refractivity (Wildman–Crippen MR) is 111 cm³/mol. The average molecular weight is 374 g/mol. The van der Waals surface area contributed by atoms with E-state index in [-0.39, 0.29) is 23.9 Å². The van der Waals surface area contributed by atoms with Crippen molar-refractivity contribution in [3.05, 3.63) is 29.8 Å². The minimum atomic E-state index is -0.208. The van der Waals surface area contributed by atoms with Gasteiger partial charge in [0.2, 0.25) is 5.91 Å². The second kappa shape index (κ2) is 11.0. The molecule has 0 atom stereocenters. The second-order valence-electron chi connectivity index (χ2n) is 8.03. The van der Waals surface area contributed by atoms with Crippen LogP contribution in [0.5, 0.6) is 0 Å². The number of hydrogen-bond donors (Lipinski definition) is 3. The maximum absolute atomic E-state index is 12.4. The molecule has 0 radical (unpaired) electrons. The van der Waals surface area contributed by atoms with Crippen molar-refractivity contribution in [2.24, 2.45) is 11.8 Å². The number of carbonyl (C=O) groups is 2. The van der Waals surface area contributed by atoms with Gasteiger partial charge in [-0.2, -0.15) is 0 Å². The topological polar surface area (TPSA) is 70.2 Å². The van der Waals surface area contributed by atoms with Gasteiger partial charge in [0.05, 0.1) is 0 Å². The van der Waals surface area contributed by atoms with E-state index >= 15 is 0 Å². The molecule has 2 rings (SSSR count). The zero-order valence-electron chi connectivity index (χ0n) is 17.0. The second-order valence-corrected chi connectivity index (χ2v) is 8.03. The maximum atomic E-state index is 12.4.